The molecule has 0 radical (unpaired) electrons. The molecule has 1 heterocycles. The molecule has 1 aliphatic heterocycles. The van der Waals surface area contributed by atoms with E-state index in [0.717, 1.165) is 4.31 Å². The molecule has 0 aliphatic carbocycles. The third-order valence-electron chi connectivity index (χ3n) is 5.38. The number of hydrogen-bond acceptors (Lipinski definition) is 7. The van der Waals surface area contributed by atoms with Gasteiger partial charge in [-0.15, -0.1) is 0 Å². The molecule has 0 saturated carbocycles. The first-order valence-corrected chi connectivity index (χ1v) is 11.6. The van der Waals surface area contributed by atoms with Crippen molar-refractivity contribution in [1.29, 1.82) is 0 Å². The van der Waals surface area contributed by atoms with Crippen LogP contribution in [0.15, 0.2) is 59.0 Å². The number of likely N-dealkylation sites (tertiary alicyclic amines) is 1. The van der Waals surface area contributed by atoms with Crippen LogP contribution in [0.4, 0.5) is 0 Å². The molecule has 9 nitrogen and oxygen atoms in total. The number of phenols is 1. The Labute approximate surface area is 192 Å². The molecule has 1 unspecified atom stereocenters. The number of phenolic OH excluding ortho intramolecular Hbond substituents is 1. The highest BCUT2D eigenvalue weighted by Gasteiger charge is 2.45. The molecule has 2 aromatic carbocycles. The van der Waals surface area contributed by atoms with E-state index in [1.54, 1.807) is 12.1 Å². The SMILES string of the molecule is COCCCN1C(=O)C(=O)/C(=C(/O)c2ccc(S(=O)(=O)N(C)C)cc2)C1c1cccc(O)c1. The second-order valence-corrected chi connectivity index (χ2v) is 9.90. The summed E-state index contributed by atoms with van der Waals surface area (Å²) in [5.41, 5.74) is 0.513. The van der Waals surface area contributed by atoms with E-state index in [-0.39, 0.29) is 28.3 Å². The molecular formula is C23H26N2O7S. The fourth-order valence-electron chi connectivity index (χ4n) is 3.68. The predicted molar refractivity (Wildman–Crippen MR) is 121 cm³/mol. The van der Waals surface area contributed by atoms with Crippen molar-refractivity contribution in [2.24, 2.45) is 0 Å². The van der Waals surface area contributed by atoms with Gasteiger partial charge in [0.15, 0.2) is 0 Å². The average molecular weight is 475 g/mol. The molecule has 2 N–H and O–H groups in total. The molecular weight excluding hydrogens is 448 g/mol. The standard InChI is InChI=1S/C23H26N2O7S/c1-24(2)33(30,31)18-10-8-15(9-11-18)21(27)19-20(16-6-4-7-17(26)14-16)25(12-5-13-32-3)23(29)22(19)28/h4,6-11,14,20,26-27H,5,12-13H2,1-3H3/b21-19+. The first kappa shape index (κ1) is 24.4. The van der Waals surface area contributed by atoms with Crippen LogP contribution in [0.5, 0.6) is 5.75 Å². The number of carbonyl (C=O) groups is 2. The van der Waals surface area contributed by atoms with Gasteiger partial charge in [0.1, 0.15) is 11.5 Å². The van der Waals surface area contributed by atoms with E-state index >= 15 is 0 Å². The fourth-order valence-corrected chi connectivity index (χ4v) is 4.58. The van der Waals surface area contributed by atoms with Crippen LogP contribution in [0.3, 0.4) is 0 Å². The lowest BCUT2D eigenvalue weighted by Crippen LogP contribution is -2.31. The Hall–Kier alpha value is -3.21. The van der Waals surface area contributed by atoms with E-state index in [1.165, 1.54) is 62.5 Å². The van der Waals surface area contributed by atoms with Gasteiger partial charge in [-0.25, -0.2) is 12.7 Å². The van der Waals surface area contributed by atoms with Crippen molar-refractivity contribution in [3.8, 4) is 5.75 Å². The molecule has 1 aliphatic rings. The van der Waals surface area contributed by atoms with E-state index in [0.29, 0.717) is 18.6 Å². The van der Waals surface area contributed by atoms with Gasteiger partial charge in [-0.1, -0.05) is 12.1 Å². The van der Waals surface area contributed by atoms with Crippen molar-refractivity contribution in [3.05, 3.63) is 65.2 Å². The molecule has 1 atom stereocenters. The summed E-state index contributed by atoms with van der Waals surface area (Å²) in [6, 6.07) is 10.6. The molecule has 33 heavy (non-hydrogen) atoms. The molecule has 0 spiro atoms. The number of aliphatic hydroxyl groups excluding tert-OH is 1. The highest BCUT2D eigenvalue weighted by atomic mass is 32.2. The normalized spacial score (nSPS) is 18.3. The summed E-state index contributed by atoms with van der Waals surface area (Å²) in [7, 11) is 0.670. The number of nitrogens with zero attached hydrogens (tertiary/aromatic N) is 2. The van der Waals surface area contributed by atoms with Crippen LogP contribution in [0, 0.1) is 0 Å². The largest absolute Gasteiger partial charge is 0.508 e. The average Bonchev–Trinajstić information content (AvgIpc) is 3.03. The zero-order chi connectivity index (χ0) is 24.3. The Bertz CT molecular complexity index is 1190. The number of amides is 1. The maximum Gasteiger partial charge on any atom is 0.295 e. The lowest BCUT2D eigenvalue weighted by Gasteiger charge is -2.25. The summed E-state index contributed by atoms with van der Waals surface area (Å²) >= 11 is 0. The summed E-state index contributed by atoms with van der Waals surface area (Å²) in [4.78, 5) is 27.1. The number of benzene rings is 2. The smallest absolute Gasteiger partial charge is 0.295 e. The van der Waals surface area contributed by atoms with Crippen LogP contribution in [-0.4, -0.2) is 73.9 Å². The highest BCUT2D eigenvalue weighted by molar-refractivity contribution is 7.89. The number of Topliss-reactive ketones (excluding diaryl/α,β-unsaturated/α-hetero) is 1. The number of ketones is 1. The number of carbonyl (C=O) groups excluding carboxylic acids is 2. The van der Waals surface area contributed by atoms with Crippen molar-refractivity contribution in [1.82, 2.24) is 9.21 Å². The van der Waals surface area contributed by atoms with E-state index in [1.807, 2.05) is 0 Å². The Balaban J connectivity index is 2.10. The minimum atomic E-state index is -3.67. The summed E-state index contributed by atoms with van der Waals surface area (Å²) in [5, 5.41) is 21.0. The highest BCUT2D eigenvalue weighted by Crippen LogP contribution is 2.40. The maximum absolute atomic E-state index is 12.9. The zero-order valence-corrected chi connectivity index (χ0v) is 19.4. The van der Waals surface area contributed by atoms with Gasteiger partial charge >= 0.3 is 0 Å². The van der Waals surface area contributed by atoms with E-state index in [4.69, 9.17) is 4.74 Å². The first-order valence-electron chi connectivity index (χ1n) is 10.2. The van der Waals surface area contributed by atoms with Gasteiger partial charge in [0, 0.05) is 39.9 Å². The van der Waals surface area contributed by atoms with Crippen molar-refractivity contribution >= 4 is 27.5 Å². The number of methoxy groups -OCH3 is 1. The monoisotopic (exact) mass is 474 g/mol. The van der Waals surface area contributed by atoms with Gasteiger partial charge in [0.05, 0.1) is 16.5 Å². The zero-order valence-electron chi connectivity index (χ0n) is 18.6. The first-order chi connectivity index (χ1) is 15.6. The van der Waals surface area contributed by atoms with E-state index in [9.17, 15) is 28.2 Å². The second-order valence-electron chi connectivity index (χ2n) is 7.75. The van der Waals surface area contributed by atoms with Crippen LogP contribution in [0.25, 0.3) is 5.76 Å². The number of hydrogen-bond donors (Lipinski definition) is 2. The molecule has 1 saturated heterocycles. The fraction of sp³-hybridized carbons (Fsp3) is 0.304. The Morgan fingerprint density at radius 3 is 2.36 bits per heavy atom. The van der Waals surface area contributed by atoms with Crippen molar-refractivity contribution in [2.75, 3.05) is 34.4 Å². The van der Waals surface area contributed by atoms with E-state index < -0.39 is 33.5 Å². The number of sulfonamides is 1. The topological polar surface area (TPSA) is 124 Å². The van der Waals surface area contributed by atoms with Gasteiger partial charge in [-0.05, 0) is 48.4 Å². The van der Waals surface area contributed by atoms with Crippen LogP contribution < -0.4 is 0 Å². The van der Waals surface area contributed by atoms with E-state index in [2.05, 4.69) is 0 Å². The predicted octanol–water partition coefficient (Wildman–Crippen LogP) is 2.10. The van der Waals surface area contributed by atoms with Crippen molar-refractivity contribution in [3.63, 3.8) is 0 Å². The Kier molecular flexibility index (Phi) is 7.21. The molecule has 2 aromatic rings. The third kappa shape index (κ3) is 4.77. The molecule has 10 heteroatoms. The summed E-state index contributed by atoms with van der Waals surface area (Å²) in [6.45, 7) is 0.576. The lowest BCUT2D eigenvalue weighted by atomic mass is 9.95. The van der Waals surface area contributed by atoms with Gasteiger partial charge < -0.3 is 19.8 Å². The maximum atomic E-state index is 12.9. The third-order valence-corrected chi connectivity index (χ3v) is 7.21. The van der Waals surface area contributed by atoms with Gasteiger partial charge in [0.25, 0.3) is 11.7 Å². The number of aromatic hydroxyl groups is 1. The van der Waals surface area contributed by atoms with Gasteiger partial charge in [-0.3, -0.25) is 9.59 Å². The summed E-state index contributed by atoms with van der Waals surface area (Å²) < 4.78 is 30.7. The van der Waals surface area contributed by atoms with Crippen LogP contribution >= 0.6 is 0 Å². The molecule has 1 amide bonds. The lowest BCUT2D eigenvalue weighted by molar-refractivity contribution is -0.140. The summed E-state index contributed by atoms with van der Waals surface area (Å²) in [5.74, 6) is -2.10. The van der Waals surface area contributed by atoms with Crippen molar-refractivity contribution < 1.29 is 33.0 Å². The molecule has 0 bridgehead atoms. The Morgan fingerprint density at radius 2 is 1.79 bits per heavy atom. The molecule has 3 rings (SSSR count). The minimum Gasteiger partial charge on any atom is -0.508 e. The molecule has 1 fully saturated rings. The Morgan fingerprint density at radius 1 is 1.12 bits per heavy atom. The quantitative estimate of drug-likeness (QED) is 0.260. The number of rotatable bonds is 8. The number of aliphatic hydroxyl groups is 1. The number of ether oxygens (including phenoxy) is 1. The second kappa shape index (κ2) is 9.74. The van der Waals surface area contributed by atoms with Crippen LogP contribution in [0.2, 0.25) is 0 Å². The van der Waals surface area contributed by atoms with Crippen LogP contribution in [0.1, 0.15) is 23.6 Å². The van der Waals surface area contributed by atoms with Gasteiger partial charge in [0.2, 0.25) is 10.0 Å². The minimum absolute atomic E-state index is 0.0219. The van der Waals surface area contributed by atoms with Gasteiger partial charge in [-0.2, -0.15) is 0 Å². The van der Waals surface area contributed by atoms with Crippen molar-refractivity contribution in [2.45, 2.75) is 17.4 Å². The summed E-state index contributed by atoms with van der Waals surface area (Å²) in [6.07, 6.45) is 0.468. The molecule has 176 valence electrons. The molecule has 0 aromatic heterocycles. The van der Waals surface area contributed by atoms with Crippen LogP contribution in [-0.2, 0) is 24.3 Å².